The lowest BCUT2D eigenvalue weighted by Crippen LogP contribution is -2.51. The molecule has 1 unspecified atom stereocenters. The Morgan fingerprint density at radius 2 is 2.00 bits per heavy atom. The fraction of sp³-hybridized carbons (Fsp3) is 0.143. The third-order valence-electron chi connectivity index (χ3n) is 2.57. The molecule has 0 aliphatic carbocycles. The van der Waals surface area contributed by atoms with Crippen molar-refractivity contribution in [1.29, 1.82) is 0 Å². The third kappa shape index (κ3) is 3.61. The van der Waals surface area contributed by atoms with E-state index in [0.29, 0.717) is 5.75 Å². The Morgan fingerprint density at radius 1 is 1.33 bits per heavy atom. The molecule has 2 rings (SSSR count). The van der Waals surface area contributed by atoms with Gasteiger partial charge in [-0.25, -0.2) is 9.37 Å². The summed E-state index contributed by atoms with van der Waals surface area (Å²) in [5.74, 6) is -3.76. The van der Waals surface area contributed by atoms with Crippen LogP contribution in [0.5, 0.6) is 11.6 Å². The molecular weight excluding hydrogens is 299 g/mol. The average Bonchev–Trinajstić information content (AvgIpc) is 2.43. The fourth-order valence-corrected chi connectivity index (χ4v) is 1.64. The molecule has 0 aliphatic heterocycles. The molecule has 1 aromatic heterocycles. The van der Waals surface area contributed by atoms with Gasteiger partial charge in [0.05, 0.1) is 5.02 Å². The summed E-state index contributed by atoms with van der Waals surface area (Å²) in [6.45, 7) is 1.28. The zero-order valence-electron chi connectivity index (χ0n) is 11.0. The van der Waals surface area contributed by atoms with E-state index < -0.39 is 23.4 Å². The number of pyridine rings is 1. The largest absolute Gasteiger partial charge is 0.444 e. The van der Waals surface area contributed by atoms with Gasteiger partial charge in [-0.2, -0.15) is 0 Å². The van der Waals surface area contributed by atoms with E-state index in [1.807, 2.05) is 0 Å². The zero-order chi connectivity index (χ0) is 15.5. The van der Waals surface area contributed by atoms with E-state index >= 15 is 0 Å². The molecule has 1 aromatic carbocycles. The van der Waals surface area contributed by atoms with Crippen LogP contribution in [0, 0.1) is 5.82 Å². The van der Waals surface area contributed by atoms with Crippen LogP contribution in [0.3, 0.4) is 0 Å². The second kappa shape index (κ2) is 5.97. The first-order chi connectivity index (χ1) is 9.90. The Balaban J connectivity index is 2.28. The number of carbonyl (C=O) groups excluding carboxylic acids is 1. The lowest BCUT2D eigenvalue weighted by molar-refractivity contribution is -0.159. The van der Waals surface area contributed by atoms with Gasteiger partial charge in [0, 0.05) is 13.1 Å². The van der Waals surface area contributed by atoms with Crippen molar-refractivity contribution >= 4 is 17.5 Å². The van der Waals surface area contributed by atoms with E-state index in [2.05, 4.69) is 4.98 Å². The molecule has 7 heteroatoms. The average molecular weight is 311 g/mol. The molecule has 2 N–H and O–H groups in total. The van der Waals surface area contributed by atoms with Crippen molar-refractivity contribution in [2.45, 2.75) is 12.7 Å². The van der Waals surface area contributed by atoms with E-state index in [0.717, 1.165) is 6.07 Å². The van der Waals surface area contributed by atoms with Gasteiger partial charge in [-0.1, -0.05) is 29.8 Å². The molecular formula is C14H12ClFN2O3. The molecule has 0 aliphatic rings. The van der Waals surface area contributed by atoms with Crippen LogP contribution in [0.25, 0.3) is 0 Å². The van der Waals surface area contributed by atoms with Crippen molar-refractivity contribution < 1.29 is 18.7 Å². The molecule has 1 heterocycles. The Labute approximate surface area is 125 Å². The number of aromatic nitrogens is 1. The summed E-state index contributed by atoms with van der Waals surface area (Å²) >= 11 is 5.60. The van der Waals surface area contributed by atoms with Crippen LogP contribution in [0.15, 0.2) is 42.6 Å². The number of hydrogen-bond donors (Lipinski definition) is 1. The number of benzene rings is 1. The Morgan fingerprint density at radius 3 is 2.57 bits per heavy atom. The minimum atomic E-state index is -1.91. The number of halogens is 2. The summed E-state index contributed by atoms with van der Waals surface area (Å²) in [6, 6.07) is 9.41. The van der Waals surface area contributed by atoms with Gasteiger partial charge in [-0.05, 0) is 18.2 Å². The number of carbonyl (C=O) groups is 1. The van der Waals surface area contributed by atoms with Crippen molar-refractivity contribution in [3.63, 3.8) is 0 Å². The second-order valence-corrected chi connectivity index (χ2v) is 4.70. The summed E-state index contributed by atoms with van der Waals surface area (Å²) in [4.78, 5) is 15.3. The van der Waals surface area contributed by atoms with Gasteiger partial charge < -0.3 is 15.2 Å². The first-order valence-corrected chi connectivity index (χ1v) is 6.32. The van der Waals surface area contributed by atoms with Crippen molar-refractivity contribution in [3.05, 3.63) is 53.4 Å². The number of ether oxygens (including phenoxy) is 2. The fourth-order valence-electron chi connectivity index (χ4n) is 1.50. The van der Waals surface area contributed by atoms with Gasteiger partial charge in [-0.3, -0.25) is 4.79 Å². The van der Waals surface area contributed by atoms with Crippen molar-refractivity contribution in [2.24, 2.45) is 5.73 Å². The van der Waals surface area contributed by atoms with E-state index in [4.69, 9.17) is 26.8 Å². The molecule has 0 saturated carbocycles. The summed E-state index contributed by atoms with van der Waals surface area (Å²) in [7, 11) is 0. The Hall–Kier alpha value is -2.34. The van der Waals surface area contributed by atoms with E-state index in [9.17, 15) is 9.18 Å². The van der Waals surface area contributed by atoms with Crippen LogP contribution in [0.2, 0.25) is 5.02 Å². The zero-order valence-corrected chi connectivity index (χ0v) is 11.8. The first-order valence-electron chi connectivity index (χ1n) is 5.95. The second-order valence-electron chi connectivity index (χ2n) is 4.27. The molecule has 0 bridgehead atoms. The van der Waals surface area contributed by atoms with Crippen LogP contribution >= 0.6 is 11.6 Å². The molecule has 1 amide bonds. The maximum absolute atomic E-state index is 13.7. The van der Waals surface area contributed by atoms with Crippen molar-refractivity contribution in [1.82, 2.24) is 4.98 Å². The van der Waals surface area contributed by atoms with E-state index in [1.165, 1.54) is 13.1 Å². The highest BCUT2D eigenvalue weighted by Gasteiger charge is 2.38. The SMILES string of the molecule is CC(Oc1ccccc1)(Oc1ncc(Cl)cc1F)C(N)=O. The van der Waals surface area contributed by atoms with Crippen molar-refractivity contribution in [3.8, 4) is 11.6 Å². The number of amides is 1. The number of rotatable bonds is 5. The summed E-state index contributed by atoms with van der Waals surface area (Å²) in [5.41, 5.74) is 5.28. The van der Waals surface area contributed by atoms with Crippen LogP contribution in [0.4, 0.5) is 4.39 Å². The maximum Gasteiger partial charge on any atom is 0.330 e. The van der Waals surface area contributed by atoms with Gasteiger partial charge in [0.1, 0.15) is 5.75 Å². The molecule has 0 saturated heterocycles. The molecule has 21 heavy (non-hydrogen) atoms. The molecule has 2 aromatic rings. The summed E-state index contributed by atoms with van der Waals surface area (Å²) in [6.07, 6.45) is 1.18. The Bertz CT molecular complexity index is 654. The van der Waals surface area contributed by atoms with E-state index in [-0.39, 0.29) is 5.02 Å². The third-order valence-corrected chi connectivity index (χ3v) is 2.78. The molecule has 5 nitrogen and oxygen atoms in total. The van der Waals surface area contributed by atoms with Crippen LogP contribution < -0.4 is 15.2 Å². The number of nitrogens with zero attached hydrogens (tertiary/aromatic N) is 1. The van der Waals surface area contributed by atoms with Crippen LogP contribution in [-0.4, -0.2) is 16.7 Å². The van der Waals surface area contributed by atoms with Gasteiger partial charge in [0.15, 0.2) is 5.82 Å². The standard InChI is InChI=1S/C14H12ClFN2O3/c1-14(13(17)19,20-10-5-3-2-4-6-10)21-12-11(16)7-9(15)8-18-12/h2-8H,1H3,(H2,17,19). The molecule has 0 fully saturated rings. The maximum atomic E-state index is 13.7. The predicted molar refractivity (Wildman–Crippen MR) is 74.5 cm³/mol. The van der Waals surface area contributed by atoms with Crippen molar-refractivity contribution in [2.75, 3.05) is 0 Å². The first kappa shape index (κ1) is 15.1. The van der Waals surface area contributed by atoms with Gasteiger partial charge in [0.25, 0.3) is 5.88 Å². The number of nitrogens with two attached hydrogens (primary N) is 1. The Kier molecular flexibility index (Phi) is 4.28. The minimum Gasteiger partial charge on any atom is -0.444 e. The summed E-state index contributed by atoms with van der Waals surface area (Å²) < 4.78 is 24.3. The lowest BCUT2D eigenvalue weighted by atomic mass is 10.3. The normalized spacial score (nSPS) is 13.3. The highest BCUT2D eigenvalue weighted by molar-refractivity contribution is 6.30. The van der Waals surface area contributed by atoms with E-state index in [1.54, 1.807) is 30.3 Å². The highest BCUT2D eigenvalue weighted by Crippen LogP contribution is 2.24. The smallest absolute Gasteiger partial charge is 0.330 e. The monoisotopic (exact) mass is 310 g/mol. The topological polar surface area (TPSA) is 74.4 Å². The van der Waals surface area contributed by atoms with Gasteiger partial charge in [-0.15, -0.1) is 0 Å². The molecule has 0 radical (unpaired) electrons. The van der Waals surface area contributed by atoms with Gasteiger partial charge in [0.2, 0.25) is 0 Å². The predicted octanol–water partition coefficient (Wildman–Crippen LogP) is 2.53. The summed E-state index contributed by atoms with van der Waals surface area (Å²) in [5, 5.41) is 0.101. The molecule has 1 atom stereocenters. The highest BCUT2D eigenvalue weighted by atomic mass is 35.5. The lowest BCUT2D eigenvalue weighted by Gasteiger charge is -2.27. The number of hydrogen-bond acceptors (Lipinski definition) is 4. The molecule has 110 valence electrons. The van der Waals surface area contributed by atoms with Gasteiger partial charge >= 0.3 is 11.7 Å². The number of para-hydroxylation sites is 1. The van der Waals surface area contributed by atoms with Crippen LogP contribution in [0.1, 0.15) is 6.92 Å². The minimum absolute atomic E-state index is 0.101. The number of primary amides is 1. The quantitative estimate of drug-likeness (QED) is 0.861. The van der Waals surface area contributed by atoms with Crippen LogP contribution in [-0.2, 0) is 4.79 Å². The molecule has 0 spiro atoms.